The van der Waals surface area contributed by atoms with Crippen molar-refractivity contribution in [1.29, 1.82) is 0 Å². The molecule has 0 amide bonds. The molecule has 19 heavy (non-hydrogen) atoms. The van der Waals surface area contributed by atoms with E-state index in [1.54, 1.807) is 0 Å². The highest BCUT2D eigenvalue weighted by atomic mass is 35.5. The molecule has 2 aromatic rings. The SMILES string of the molecule is CNc1nc2c(s1)C(=O)C(c1ccccc1Cl)CC2. The molecule has 0 aliphatic heterocycles. The lowest BCUT2D eigenvalue weighted by molar-refractivity contribution is 0.0950. The van der Waals surface area contributed by atoms with E-state index in [4.69, 9.17) is 11.6 Å². The highest BCUT2D eigenvalue weighted by Gasteiger charge is 2.32. The topological polar surface area (TPSA) is 42.0 Å². The number of thiazole rings is 1. The second-order valence-electron chi connectivity index (χ2n) is 4.52. The van der Waals surface area contributed by atoms with Crippen molar-refractivity contribution in [3.8, 4) is 0 Å². The summed E-state index contributed by atoms with van der Waals surface area (Å²) in [6, 6.07) is 7.59. The van der Waals surface area contributed by atoms with Gasteiger partial charge in [0.25, 0.3) is 0 Å². The van der Waals surface area contributed by atoms with Gasteiger partial charge in [-0.3, -0.25) is 4.79 Å². The second-order valence-corrected chi connectivity index (χ2v) is 5.93. The minimum Gasteiger partial charge on any atom is -0.365 e. The van der Waals surface area contributed by atoms with E-state index in [1.165, 1.54) is 11.3 Å². The van der Waals surface area contributed by atoms with Gasteiger partial charge < -0.3 is 5.32 Å². The van der Waals surface area contributed by atoms with Crippen LogP contribution in [0.3, 0.4) is 0 Å². The molecular weight excluding hydrogens is 280 g/mol. The van der Waals surface area contributed by atoms with Crippen LogP contribution in [0.2, 0.25) is 5.02 Å². The number of fused-ring (bicyclic) bond motifs is 1. The number of nitrogens with one attached hydrogen (secondary N) is 1. The number of ketones is 1. The number of hydrogen-bond donors (Lipinski definition) is 1. The monoisotopic (exact) mass is 292 g/mol. The van der Waals surface area contributed by atoms with Gasteiger partial charge in [0.05, 0.1) is 16.5 Å². The summed E-state index contributed by atoms with van der Waals surface area (Å²) in [5, 5.41) is 4.47. The highest BCUT2D eigenvalue weighted by molar-refractivity contribution is 7.17. The first-order valence-electron chi connectivity index (χ1n) is 6.17. The fourth-order valence-corrected chi connectivity index (χ4v) is 3.67. The summed E-state index contributed by atoms with van der Waals surface area (Å²) in [6.07, 6.45) is 1.61. The van der Waals surface area contributed by atoms with E-state index in [1.807, 2.05) is 31.3 Å². The van der Waals surface area contributed by atoms with Gasteiger partial charge in [0.1, 0.15) is 0 Å². The van der Waals surface area contributed by atoms with Crippen LogP contribution in [0.1, 0.15) is 33.3 Å². The molecule has 0 fully saturated rings. The number of hydrogen-bond acceptors (Lipinski definition) is 4. The second kappa shape index (κ2) is 4.94. The van der Waals surface area contributed by atoms with Gasteiger partial charge in [-0.2, -0.15) is 0 Å². The van der Waals surface area contributed by atoms with E-state index >= 15 is 0 Å². The fourth-order valence-electron chi connectivity index (χ4n) is 2.45. The fraction of sp³-hybridized carbons (Fsp3) is 0.286. The number of Topliss-reactive ketones (excluding diaryl/α,β-unsaturated/α-hetero) is 1. The summed E-state index contributed by atoms with van der Waals surface area (Å²) in [7, 11) is 1.82. The Morgan fingerprint density at radius 2 is 2.21 bits per heavy atom. The van der Waals surface area contributed by atoms with Crippen molar-refractivity contribution in [2.24, 2.45) is 0 Å². The Balaban J connectivity index is 2.00. The molecule has 1 aliphatic rings. The number of carbonyl (C=O) groups is 1. The Bertz CT molecular complexity index is 638. The predicted molar refractivity (Wildman–Crippen MR) is 78.5 cm³/mol. The van der Waals surface area contributed by atoms with Crippen LogP contribution in [-0.2, 0) is 6.42 Å². The van der Waals surface area contributed by atoms with Crippen LogP contribution in [0.25, 0.3) is 0 Å². The first-order valence-corrected chi connectivity index (χ1v) is 7.36. The third-order valence-electron chi connectivity index (χ3n) is 3.40. The molecule has 1 aromatic carbocycles. The molecule has 3 rings (SSSR count). The standard InChI is InChI=1S/C14H13ClN2OS/c1-16-14-17-11-7-6-9(12(18)13(11)19-14)8-4-2-3-5-10(8)15/h2-5,9H,6-7H2,1H3,(H,16,17). The molecule has 1 unspecified atom stereocenters. The molecule has 98 valence electrons. The molecule has 1 aromatic heterocycles. The maximum absolute atomic E-state index is 12.6. The number of halogens is 1. The number of carbonyl (C=O) groups excluding carboxylic acids is 1. The van der Waals surface area contributed by atoms with Crippen LogP contribution in [0, 0.1) is 0 Å². The smallest absolute Gasteiger partial charge is 0.183 e. The van der Waals surface area contributed by atoms with Gasteiger partial charge in [-0.15, -0.1) is 0 Å². The van der Waals surface area contributed by atoms with E-state index in [0.717, 1.165) is 34.1 Å². The minimum atomic E-state index is -0.133. The van der Waals surface area contributed by atoms with Gasteiger partial charge in [0.15, 0.2) is 10.9 Å². The number of aromatic nitrogens is 1. The molecule has 0 bridgehead atoms. The van der Waals surface area contributed by atoms with Crippen LogP contribution in [-0.4, -0.2) is 17.8 Å². The molecule has 0 radical (unpaired) electrons. The van der Waals surface area contributed by atoms with Gasteiger partial charge in [0.2, 0.25) is 0 Å². The summed E-state index contributed by atoms with van der Waals surface area (Å²) in [5.74, 6) is 0.0136. The van der Waals surface area contributed by atoms with E-state index < -0.39 is 0 Å². The largest absolute Gasteiger partial charge is 0.365 e. The van der Waals surface area contributed by atoms with E-state index in [2.05, 4.69) is 10.3 Å². The summed E-state index contributed by atoms with van der Waals surface area (Å²) in [5.41, 5.74) is 1.85. The van der Waals surface area contributed by atoms with Crippen molar-refractivity contribution in [2.45, 2.75) is 18.8 Å². The number of anilines is 1. The lowest BCUT2D eigenvalue weighted by atomic mass is 9.84. The van der Waals surface area contributed by atoms with Gasteiger partial charge in [-0.1, -0.05) is 41.1 Å². The zero-order chi connectivity index (χ0) is 13.4. The molecular formula is C14H13ClN2OS. The zero-order valence-corrected chi connectivity index (χ0v) is 12.0. The van der Waals surface area contributed by atoms with Crippen molar-refractivity contribution in [1.82, 2.24) is 4.98 Å². The van der Waals surface area contributed by atoms with Gasteiger partial charge in [0, 0.05) is 12.1 Å². The summed E-state index contributed by atoms with van der Waals surface area (Å²) >= 11 is 7.64. The Morgan fingerprint density at radius 1 is 1.42 bits per heavy atom. The number of rotatable bonds is 2. The molecule has 0 saturated carbocycles. The van der Waals surface area contributed by atoms with Crippen molar-refractivity contribution < 1.29 is 4.79 Å². The maximum Gasteiger partial charge on any atom is 0.183 e. The van der Waals surface area contributed by atoms with E-state index in [-0.39, 0.29) is 11.7 Å². The molecule has 1 N–H and O–H groups in total. The maximum atomic E-state index is 12.6. The molecule has 3 nitrogen and oxygen atoms in total. The Morgan fingerprint density at radius 3 is 2.95 bits per heavy atom. The summed E-state index contributed by atoms with van der Waals surface area (Å²) < 4.78 is 0. The van der Waals surface area contributed by atoms with Gasteiger partial charge in [-0.05, 0) is 24.5 Å². The minimum absolute atomic E-state index is 0.133. The molecule has 1 atom stereocenters. The first-order chi connectivity index (χ1) is 9.20. The van der Waals surface area contributed by atoms with Crippen LogP contribution in [0.4, 0.5) is 5.13 Å². The van der Waals surface area contributed by atoms with E-state index in [0.29, 0.717) is 5.02 Å². The van der Waals surface area contributed by atoms with Crippen molar-refractivity contribution in [3.63, 3.8) is 0 Å². The lowest BCUT2D eigenvalue weighted by Gasteiger charge is -2.20. The highest BCUT2D eigenvalue weighted by Crippen LogP contribution is 2.38. The average molecular weight is 293 g/mol. The normalized spacial score (nSPS) is 18.2. The van der Waals surface area contributed by atoms with E-state index in [9.17, 15) is 4.79 Å². The Hall–Kier alpha value is -1.39. The predicted octanol–water partition coefficient (Wildman–Crippen LogP) is 3.75. The quantitative estimate of drug-likeness (QED) is 0.916. The number of aryl methyl sites for hydroxylation is 1. The average Bonchev–Trinajstić information content (AvgIpc) is 2.85. The van der Waals surface area contributed by atoms with Crippen LogP contribution < -0.4 is 5.32 Å². The number of nitrogens with zero attached hydrogens (tertiary/aromatic N) is 1. The lowest BCUT2D eigenvalue weighted by Crippen LogP contribution is -2.19. The van der Waals surface area contributed by atoms with Crippen molar-refractivity contribution in [2.75, 3.05) is 12.4 Å². The van der Waals surface area contributed by atoms with Gasteiger partial charge in [-0.25, -0.2) is 4.98 Å². The third-order valence-corrected chi connectivity index (χ3v) is 4.88. The summed E-state index contributed by atoms with van der Waals surface area (Å²) in [6.45, 7) is 0. The zero-order valence-electron chi connectivity index (χ0n) is 10.4. The van der Waals surface area contributed by atoms with Crippen LogP contribution >= 0.6 is 22.9 Å². The van der Waals surface area contributed by atoms with Crippen LogP contribution in [0.15, 0.2) is 24.3 Å². The molecule has 0 saturated heterocycles. The Labute approximate surface area is 120 Å². The first kappa shape index (κ1) is 12.6. The van der Waals surface area contributed by atoms with Crippen molar-refractivity contribution in [3.05, 3.63) is 45.4 Å². The Kier molecular flexibility index (Phi) is 3.29. The molecule has 5 heteroatoms. The third kappa shape index (κ3) is 2.15. The number of benzene rings is 1. The molecule has 1 aliphatic carbocycles. The molecule has 1 heterocycles. The van der Waals surface area contributed by atoms with Crippen LogP contribution in [0.5, 0.6) is 0 Å². The summed E-state index contributed by atoms with van der Waals surface area (Å²) in [4.78, 5) is 17.8. The van der Waals surface area contributed by atoms with Crippen molar-refractivity contribution >= 4 is 33.9 Å². The molecule has 0 spiro atoms. The van der Waals surface area contributed by atoms with Gasteiger partial charge >= 0.3 is 0 Å².